The third kappa shape index (κ3) is 4.31. The Balaban J connectivity index is 1.93. The third-order valence-electron chi connectivity index (χ3n) is 4.58. The van der Waals surface area contributed by atoms with Crippen molar-refractivity contribution in [3.63, 3.8) is 0 Å². The van der Waals surface area contributed by atoms with Crippen molar-refractivity contribution in [3.8, 4) is 5.75 Å². The minimum Gasteiger partial charge on any atom is -0.496 e. The predicted octanol–water partition coefficient (Wildman–Crippen LogP) is 3.16. The molecule has 1 aromatic carbocycles. The minimum atomic E-state index is -0.0119. The second kappa shape index (κ2) is 8.73. The van der Waals surface area contributed by atoms with E-state index >= 15 is 0 Å². The Hall–Kier alpha value is -2.80. The van der Waals surface area contributed by atoms with Gasteiger partial charge in [-0.1, -0.05) is 31.9 Å². The number of aliphatic hydroxyl groups excluding tert-OH is 1. The van der Waals surface area contributed by atoms with Gasteiger partial charge in [0.05, 0.1) is 25.8 Å². The van der Waals surface area contributed by atoms with Gasteiger partial charge in [-0.25, -0.2) is 4.98 Å². The number of hydrogen-bond donors (Lipinski definition) is 3. The van der Waals surface area contributed by atoms with Crippen molar-refractivity contribution in [2.24, 2.45) is 0 Å². The quantitative estimate of drug-likeness (QED) is 0.501. The van der Waals surface area contributed by atoms with Gasteiger partial charge in [0.2, 0.25) is 5.95 Å². The topological polar surface area (TPSA) is 98.2 Å². The lowest BCUT2D eigenvalue weighted by Crippen LogP contribution is -2.09. The van der Waals surface area contributed by atoms with E-state index in [0.717, 1.165) is 46.7 Å². The van der Waals surface area contributed by atoms with Crippen molar-refractivity contribution in [2.75, 3.05) is 24.7 Å². The molecule has 0 atom stereocenters. The Morgan fingerprint density at radius 2 is 2.07 bits per heavy atom. The molecule has 7 heteroatoms. The molecule has 4 N–H and O–H groups in total. The summed E-state index contributed by atoms with van der Waals surface area (Å²) in [5.74, 6) is 1.77. The number of aliphatic hydroxyl groups is 1. The van der Waals surface area contributed by atoms with Crippen LogP contribution in [0.5, 0.6) is 5.75 Å². The molecule has 0 amide bonds. The molecule has 2 heterocycles. The van der Waals surface area contributed by atoms with Crippen LogP contribution in [0.2, 0.25) is 0 Å². The first kappa shape index (κ1) is 19.0. The summed E-state index contributed by atoms with van der Waals surface area (Å²) in [5.41, 5.74) is 9.45. The zero-order chi connectivity index (χ0) is 19.2. The molecule has 0 saturated carbocycles. The van der Waals surface area contributed by atoms with Crippen LogP contribution in [-0.4, -0.2) is 33.3 Å². The van der Waals surface area contributed by atoms with Gasteiger partial charge >= 0.3 is 0 Å². The molecule has 0 bridgehead atoms. The summed E-state index contributed by atoms with van der Waals surface area (Å²) in [5, 5.41) is 12.7. The highest BCUT2D eigenvalue weighted by molar-refractivity contribution is 5.87. The summed E-state index contributed by atoms with van der Waals surface area (Å²) in [6.07, 6.45) is 5.41. The number of rotatable bonds is 9. The highest BCUT2D eigenvalue weighted by Crippen LogP contribution is 2.27. The fourth-order valence-electron chi connectivity index (χ4n) is 3.16. The van der Waals surface area contributed by atoms with E-state index in [0.29, 0.717) is 6.54 Å². The van der Waals surface area contributed by atoms with Crippen molar-refractivity contribution in [3.05, 3.63) is 41.6 Å². The highest BCUT2D eigenvalue weighted by Gasteiger charge is 2.13. The van der Waals surface area contributed by atoms with E-state index < -0.39 is 0 Å². The lowest BCUT2D eigenvalue weighted by atomic mass is 10.1. The van der Waals surface area contributed by atoms with Crippen molar-refractivity contribution in [1.29, 1.82) is 0 Å². The monoisotopic (exact) mass is 369 g/mol. The van der Waals surface area contributed by atoms with Crippen molar-refractivity contribution < 1.29 is 9.84 Å². The summed E-state index contributed by atoms with van der Waals surface area (Å²) in [4.78, 5) is 8.77. The number of unbranched alkanes of at least 4 members (excludes halogenated alkanes) is 2. The summed E-state index contributed by atoms with van der Waals surface area (Å²) in [7, 11) is 1.64. The summed E-state index contributed by atoms with van der Waals surface area (Å²) in [6, 6.07) is 7.68. The molecule has 0 saturated heterocycles. The number of anilines is 2. The van der Waals surface area contributed by atoms with Crippen LogP contribution in [0, 0.1) is 0 Å². The van der Waals surface area contributed by atoms with E-state index in [1.807, 2.05) is 30.5 Å². The van der Waals surface area contributed by atoms with Crippen LogP contribution in [0.4, 0.5) is 11.8 Å². The van der Waals surface area contributed by atoms with Crippen LogP contribution < -0.4 is 15.8 Å². The number of fused-ring (bicyclic) bond motifs is 1. The minimum absolute atomic E-state index is 0.0119. The van der Waals surface area contributed by atoms with E-state index in [4.69, 9.17) is 10.5 Å². The summed E-state index contributed by atoms with van der Waals surface area (Å²) >= 11 is 0. The number of benzene rings is 1. The van der Waals surface area contributed by atoms with Crippen molar-refractivity contribution in [2.45, 2.75) is 39.3 Å². The molecule has 2 aromatic heterocycles. The van der Waals surface area contributed by atoms with Crippen molar-refractivity contribution in [1.82, 2.24) is 14.5 Å². The smallest absolute Gasteiger partial charge is 0.222 e. The number of aromatic nitrogens is 3. The van der Waals surface area contributed by atoms with Crippen LogP contribution in [0.25, 0.3) is 11.0 Å². The van der Waals surface area contributed by atoms with Gasteiger partial charge in [-0.2, -0.15) is 4.98 Å². The second-order valence-electron chi connectivity index (χ2n) is 6.55. The number of nitrogen functional groups attached to an aromatic ring is 1. The van der Waals surface area contributed by atoms with Crippen LogP contribution in [-0.2, 0) is 13.2 Å². The first-order valence-corrected chi connectivity index (χ1v) is 9.29. The molecule has 27 heavy (non-hydrogen) atoms. The Morgan fingerprint density at radius 1 is 1.22 bits per heavy atom. The number of nitrogens with two attached hydrogens (primary N) is 1. The fraction of sp³-hybridized carbons (Fsp3) is 0.400. The van der Waals surface area contributed by atoms with Gasteiger partial charge in [0.1, 0.15) is 11.3 Å². The first-order valence-electron chi connectivity index (χ1n) is 9.29. The zero-order valence-corrected chi connectivity index (χ0v) is 15.9. The highest BCUT2D eigenvalue weighted by atomic mass is 16.5. The standard InChI is InChI=1S/C20H27N5O2/c1-3-4-5-9-22-19-18-16(23-20(21)24-19)8-10-25(18)12-15-7-6-14(13-26)11-17(15)27-2/h6-8,10-11,26H,3-5,9,12-13H2,1-2H3,(H3,21,22,23,24). The molecule has 0 radical (unpaired) electrons. The molecule has 0 aliphatic heterocycles. The number of ether oxygens (including phenoxy) is 1. The fourth-order valence-corrected chi connectivity index (χ4v) is 3.16. The molecule has 0 aliphatic rings. The van der Waals surface area contributed by atoms with Crippen LogP contribution >= 0.6 is 0 Å². The SMILES string of the molecule is CCCCCNc1nc(N)nc2ccn(Cc3ccc(CO)cc3OC)c12. The van der Waals surface area contributed by atoms with E-state index in [-0.39, 0.29) is 12.6 Å². The van der Waals surface area contributed by atoms with Crippen LogP contribution in [0.15, 0.2) is 30.5 Å². The van der Waals surface area contributed by atoms with E-state index in [9.17, 15) is 5.11 Å². The lowest BCUT2D eigenvalue weighted by Gasteiger charge is -2.14. The molecule has 3 rings (SSSR count). The number of methoxy groups -OCH3 is 1. The van der Waals surface area contributed by atoms with Crippen LogP contribution in [0.1, 0.15) is 37.3 Å². The predicted molar refractivity (Wildman–Crippen MR) is 108 cm³/mol. The molecule has 144 valence electrons. The molecule has 0 spiro atoms. The molecule has 0 aliphatic carbocycles. The maximum Gasteiger partial charge on any atom is 0.222 e. The number of nitrogens with zero attached hydrogens (tertiary/aromatic N) is 3. The maximum absolute atomic E-state index is 9.33. The van der Waals surface area contributed by atoms with Crippen LogP contribution in [0.3, 0.4) is 0 Å². The average molecular weight is 369 g/mol. The molecule has 7 nitrogen and oxygen atoms in total. The van der Waals surface area contributed by atoms with Gasteiger partial charge < -0.3 is 25.5 Å². The van der Waals surface area contributed by atoms with Gasteiger partial charge in [-0.3, -0.25) is 0 Å². The van der Waals surface area contributed by atoms with Gasteiger partial charge in [0, 0.05) is 18.3 Å². The maximum atomic E-state index is 9.33. The Kier molecular flexibility index (Phi) is 6.13. The molecular weight excluding hydrogens is 342 g/mol. The molecule has 0 unspecified atom stereocenters. The van der Waals surface area contributed by atoms with E-state index in [1.165, 1.54) is 12.8 Å². The largest absolute Gasteiger partial charge is 0.496 e. The average Bonchev–Trinajstić information content (AvgIpc) is 3.08. The summed E-state index contributed by atoms with van der Waals surface area (Å²) in [6.45, 7) is 3.62. The Labute approximate surface area is 159 Å². The van der Waals surface area contributed by atoms with E-state index in [1.54, 1.807) is 7.11 Å². The van der Waals surface area contributed by atoms with E-state index in [2.05, 4.69) is 26.8 Å². The van der Waals surface area contributed by atoms with Gasteiger partial charge in [0.25, 0.3) is 0 Å². The molecular formula is C20H27N5O2. The summed E-state index contributed by atoms with van der Waals surface area (Å²) < 4.78 is 7.59. The zero-order valence-electron chi connectivity index (χ0n) is 15.9. The first-order chi connectivity index (χ1) is 13.2. The second-order valence-corrected chi connectivity index (χ2v) is 6.55. The molecule has 3 aromatic rings. The number of hydrogen-bond acceptors (Lipinski definition) is 6. The number of nitrogens with one attached hydrogen (secondary N) is 1. The Bertz CT molecular complexity index is 907. The van der Waals surface area contributed by atoms with Gasteiger partial charge in [-0.15, -0.1) is 0 Å². The third-order valence-corrected chi connectivity index (χ3v) is 4.58. The lowest BCUT2D eigenvalue weighted by molar-refractivity contribution is 0.281. The Morgan fingerprint density at radius 3 is 2.81 bits per heavy atom. The molecule has 0 fully saturated rings. The van der Waals surface area contributed by atoms with Crippen molar-refractivity contribution >= 4 is 22.8 Å². The van der Waals surface area contributed by atoms with Gasteiger partial charge in [0.15, 0.2) is 5.82 Å². The van der Waals surface area contributed by atoms with Gasteiger partial charge in [-0.05, 0) is 24.1 Å². The normalized spacial score (nSPS) is 11.1.